The van der Waals surface area contributed by atoms with E-state index >= 15 is 0 Å². The zero-order chi connectivity index (χ0) is 10.2. The van der Waals surface area contributed by atoms with Crippen LogP contribution in [-0.2, 0) is 9.05 Å². The van der Waals surface area contributed by atoms with Gasteiger partial charge in [0.25, 0.3) is 9.05 Å². The van der Waals surface area contributed by atoms with Gasteiger partial charge in [-0.1, -0.05) is 11.6 Å². The van der Waals surface area contributed by atoms with Gasteiger partial charge in [-0.2, -0.15) is 0 Å². The highest BCUT2D eigenvalue weighted by molar-refractivity contribution is 9.10. The van der Waals surface area contributed by atoms with Crippen molar-refractivity contribution >= 4 is 47.3 Å². The molecule has 0 saturated carbocycles. The summed E-state index contributed by atoms with van der Waals surface area (Å²) in [4.78, 5) is 0.0138. The molecule has 0 aromatic heterocycles. The summed E-state index contributed by atoms with van der Waals surface area (Å²) in [5.74, 6) is 0. The lowest BCUT2D eigenvalue weighted by Gasteiger charge is -2.03. The number of aryl methyl sites for hydroxylation is 1. The molecule has 72 valence electrons. The summed E-state index contributed by atoms with van der Waals surface area (Å²) >= 11 is 8.97. The van der Waals surface area contributed by atoms with Gasteiger partial charge in [-0.3, -0.25) is 0 Å². The van der Waals surface area contributed by atoms with E-state index in [1.807, 2.05) is 0 Å². The first-order valence-corrected chi connectivity index (χ1v) is 6.70. The Balaban J connectivity index is 3.47. The van der Waals surface area contributed by atoms with Crippen LogP contribution in [0.25, 0.3) is 0 Å². The molecule has 0 aliphatic rings. The van der Waals surface area contributed by atoms with Crippen LogP contribution in [0.15, 0.2) is 21.5 Å². The molecule has 0 N–H and O–H groups in total. The van der Waals surface area contributed by atoms with E-state index in [0.717, 1.165) is 5.56 Å². The highest BCUT2D eigenvalue weighted by atomic mass is 79.9. The van der Waals surface area contributed by atoms with E-state index in [0.29, 0.717) is 9.50 Å². The maximum Gasteiger partial charge on any atom is 0.261 e. The summed E-state index contributed by atoms with van der Waals surface area (Å²) in [5, 5.41) is 0.333. The molecular weight excluding hydrogens is 299 g/mol. The second-order valence-corrected chi connectivity index (χ2v) is 6.24. The topological polar surface area (TPSA) is 34.1 Å². The molecule has 6 heteroatoms. The van der Waals surface area contributed by atoms with Gasteiger partial charge < -0.3 is 0 Å². The van der Waals surface area contributed by atoms with Crippen molar-refractivity contribution in [3.05, 3.63) is 27.2 Å². The lowest BCUT2D eigenvalue weighted by atomic mass is 10.2. The quantitative estimate of drug-likeness (QED) is 0.746. The average Bonchev–Trinajstić information content (AvgIpc) is 1.97. The van der Waals surface area contributed by atoms with E-state index in [2.05, 4.69) is 15.9 Å². The third-order valence-corrected chi connectivity index (χ3v) is 4.38. The van der Waals surface area contributed by atoms with Crippen molar-refractivity contribution in [2.75, 3.05) is 0 Å². The van der Waals surface area contributed by atoms with Crippen LogP contribution in [0.4, 0.5) is 0 Å². The third-order valence-electron chi connectivity index (χ3n) is 1.47. The Morgan fingerprint density at radius 1 is 1.38 bits per heavy atom. The number of hydrogen-bond acceptors (Lipinski definition) is 2. The minimum atomic E-state index is -3.70. The molecule has 0 fully saturated rings. The SMILES string of the molecule is Cc1cc(S(=O)(=O)Cl)cc(Cl)c1Br. The monoisotopic (exact) mass is 302 g/mol. The van der Waals surface area contributed by atoms with E-state index < -0.39 is 9.05 Å². The Morgan fingerprint density at radius 3 is 2.31 bits per heavy atom. The second kappa shape index (κ2) is 3.77. The highest BCUT2D eigenvalue weighted by Gasteiger charge is 2.13. The van der Waals surface area contributed by atoms with Crippen molar-refractivity contribution in [2.24, 2.45) is 0 Å². The van der Waals surface area contributed by atoms with Gasteiger partial charge in [-0.15, -0.1) is 0 Å². The van der Waals surface area contributed by atoms with Gasteiger partial charge in [0.1, 0.15) is 0 Å². The van der Waals surface area contributed by atoms with Gasteiger partial charge in [0, 0.05) is 15.2 Å². The molecular formula is C7H5BrCl2O2S. The van der Waals surface area contributed by atoms with Gasteiger partial charge in [0.05, 0.1) is 9.92 Å². The Bertz CT molecular complexity index is 419. The first-order chi connectivity index (χ1) is 5.82. The van der Waals surface area contributed by atoms with Crippen LogP contribution in [0.1, 0.15) is 5.56 Å². The van der Waals surface area contributed by atoms with Crippen molar-refractivity contribution in [2.45, 2.75) is 11.8 Å². The molecule has 0 spiro atoms. The summed E-state index contributed by atoms with van der Waals surface area (Å²) in [6, 6.07) is 2.76. The minimum absolute atomic E-state index is 0.0138. The molecule has 0 aliphatic heterocycles. The fraction of sp³-hybridized carbons (Fsp3) is 0.143. The second-order valence-electron chi connectivity index (χ2n) is 2.47. The molecule has 0 saturated heterocycles. The van der Waals surface area contributed by atoms with Crippen LogP contribution < -0.4 is 0 Å². The fourth-order valence-corrected chi connectivity index (χ4v) is 2.24. The van der Waals surface area contributed by atoms with Gasteiger partial charge in [0.2, 0.25) is 0 Å². The van der Waals surface area contributed by atoms with Crippen LogP contribution in [-0.4, -0.2) is 8.42 Å². The molecule has 13 heavy (non-hydrogen) atoms. The molecule has 1 aromatic carbocycles. The van der Waals surface area contributed by atoms with Gasteiger partial charge in [-0.25, -0.2) is 8.42 Å². The normalized spacial score (nSPS) is 11.7. The third kappa shape index (κ3) is 2.59. The first-order valence-electron chi connectivity index (χ1n) is 3.22. The molecule has 0 heterocycles. The van der Waals surface area contributed by atoms with E-state index in [9.17, 15) is 8.42 Å². The smallest absolute Gasteiger partial charge is 0.207 e. The van der Waals surface area contributed by atoms with Crippen LogP contribution in [0.3, 0.4) is 0 Å². The Kier molecular flexibility index (Phi) is 3.28. The fourth-order valence-electron chi connectivity index (χ4n) is 0.836. The minimum Gasteiger partial charge on any atom is -0.207 e. The van der Waals surface area contributed by atoms with Crippen molar-refractivity contribution in [1.82, 2.24) is 0 Å². The van der Waals surface area contributed by atoms with Crippen LogP contribution in [0, 0.1) is 6.92 Å². The zero-order valence-electron chi connectivity index (χ0n) is 6.51. The average molecular weight is 304 g/mol. The Morgan fingerprint density at radius 2 is 1.92 bits per heavy atom. The predicted molar refractivity (Wildman–Crippen MR) is 56.9 cm³/mol. The van der Waals surface area contributed by atoms with Crippen LogP contribution in [0.2, 0.25) is 5.02 Å². The maximum atomic E-state index is 10.9. The molecule has 2 nitrogen and oxygen atoms in total. The maximum absolute atomic E-state index is 10.9. The zero-order valence-corrected chi connectivity index (χ0v) is 10.4. The van der Waals surface area contributed by atoms with Crippen molar-refractivity contribution in [1.29, 1.82) is 0 Å². The number of halogens is 3. The molecule has 0 bridgehead atoms. The summed E-state index contributed by atoms with van der Waals surface area (Å²) in [6.45, 7) is 1.74. The van der Waals surface area contributed by atoms with E-state index in [4.69, 9.17) is 22.3 Å². The van der Waals surface area contributed by atoms with Crippen molar-refractivity contribution < 1.29 is 8.42 Å². The Labute approximate surface area is 94.4 Å². The first kappa shape index (κ1) is 11.3. The largest absolute Gasteiger partial charge is 0.261 e. The molecule has 0 atom stereocenters. The van der Waals surface area contributed by atoms with Gasteiger partial charge in [0.15, 0.2) is 0 Å². The van der Waals surface area contributed by atoms with Crippen molar-refractivity contribution in [3.63, 3.8) is 0 Å². The predicted octanol–water partition coefficient (Wildman–Crippen LogP) is 3.34. The summed E-state index contributed by atoms with van der Waals surface area (Å²) in [5.41, 5.74) is 0.728. The van der Waals surface area contributed by atoms with E-state index in [-0.39, 0.29) is 4.90 Å². The number of hydrogen-bond donors (Lipinski definition) is 0. The molecule has 0 aliphatic carbocycles. The summed E-state index contributed by atoms with van der Waals surface area (Å²) in [7, 11) is 1.46. The molecule has 0 radical (unpaired) electrons. The number of rotatable bonds is 1. The molecule has 0 unspecified atom stereocenters. The highest BCUT2D eigenvalue weighted by Crippen LogP contribution is 2.30. The lowest BCUT2D eigenvalue weighted by molar-refractivity contribution is 0.609. The summed E-state index contributed by atoms with van der Waals surface area (Å²) in [6.07, 6.45) is 0. The Hall–Kier alpha value is 0.230. The molecule has 1 rings (SSSR count). The number of benzene rings is 1. The van der Waals surface area contributed by atoms with Gasteiger partial charge in [-0.05, 0) is 40.5 Å². The van der Waals surface area contributed by atoms with Gasteiger partial charge >= 0.3 is 0 Å². The molecule has 1 aromatic rings. The van der Waals surface area contributed by atoms with Crippen LogP contribution >= 0.6 is 38.2 Å². The van der Waals surface area contributed by atoms with E-state index in [1.165, 1.54) is 12.1 Å². The van der Waals surface area contributed by atoms with Crippen molar-refractivity contribution in [3.8, 4) is 0 Å². The standard InChI is InChI=1S/C7H5BrCl2O2S/c1-4-2-5(13(10,11)12)3-6(9)7(4)8/h2-3H,1H3. The van der Waals surface area contributed by atoms with E-state index in [1.54, 1.807) is 6.92 Å². The molecule has 0 amide bonds. The summed E-state index contributed by atoms with van der Waals surface area (Å²) < 4.78 is 22.6. The van der Waals surface area contributed by atoms with Crippen LogP contribution in [0.5, 0.6) is 0 Å². The lowest BCUT2D eigenvalue weighted by Crippen LogP contribution is -1.92.